The highest BCUT2D eigenvalue weighted by Crippen LogP contribution is 2.42. The SMILES string of the molecule is CN=C(NCCS(=O)C(C)(C)C)N1CCCC2(CCCCCC2)C1.I. The third-order valence-corrected chi connectivity index (χ3v) is 7.53. The lowest BCUT2D eigenvalue weighted by atomic mass is 9.74. The fourth-order valence-corrected chi connectivity index (χ4v) is 5.07. The van der Waals surface area contributed by atoms with E-state index in [2.05, 4.69) is 15.2 Å². The summed E-state index contributed by atoms with van der Waals surface area (Å²) in [6.07, 6.45) is 11.0. The summed E-state index contributed by atoms with van der Waals surface area (Å²) in [7, 11) is 1.06. The van der Waals surface area contributed by atoms with Gasteiger partial charge in [0.15, 0.2) is 5.96 Å². The van der Waals surface area contributed by atoms with Crippen molar-refractivity contribution in [1.29, 1.82) is 0 Å². The van der Waals surface area contributed by atoms with Crippen LogP contribution in [0.4, 0.5) is 0 Å². The average Bonchev–Trinajstić information content (AvgIpc) is 2.76. The van der Waals surface area contributed by atoms with Gasteiger partial charge in [0.05, 0.1) is 0 Å². The van der Waals surface area contributed by atoms with Crippen LogP contribution in [0.3, 0.4) is 0 Å². The molecule has 1 saturated carbocycles. The van der Waals surface area contributed by atoms with E-state index < -0.39 is 10.8 Å². The number of rotatable bonds is 3. The second-order valence-corrected chi connectivity index (χ2v) is 10.9. The van der Waals surface area contributed by atoms with Crippen LogP contribution in [0.25, 0.3) is 0 Å². The minimum atomic E-state index is -0.810. The number of aliphatic imine (C=N–C) groups is 1. The average molecular weight is 484 g/mol. The quantitative estimate of drug-likeness (QED) is 0.373. The largest absolute Gasteiger partial charge is 0.355 e. The summed E-state index contributed by atoms with van der Waals surface area (Å²) in [6.45, 7) is 9.11. The minimum absolute atomic E-state index is 0. The number of likely N-dealkylation sites (tertiary alicyclic amines) is 1. The molecule has 0 radical (unpaired) electrons. The second kappa shape index (κ2) is 10.5. The maximum absolute atomic E-state index is 12.2. The lowest BCUT2D eigenvalue weighted by molar-refractivity contribution is 0.115. The molecule has 148 valence electrons. The number of hydrogen-bond acceptors (Lipinski definition) is 2. The zero-order valence-corrected chi connectivity index (χ0v) is 19.8. The molecule has 1 N–H and O–H groups in total. The Bertz CT molecular complexity index is 454. The van der Waals surface area contributed by atoms with Gasteiger partial charge in [0.1, 0.15) is 0 Å². The standard InChI is InChI=1S/C19H37N3OS.HI/c1-18(2,3)24(23)15-13-21-17(20-4)22-14-9-12-19(16-22)10-7-5-6-8-11-19;/h5-16H2,1-4H3,(H,20,21);1H. The first-order valence-corrected chi connectivity index (χ1v) is 11.0. The van der Waals surface area contributed by atoms with Crippen molar-refractivity contribution in [1.82, 2.24) is 10.2 Å². The molecular formula is C19H38IN3OS. The van der Waals surface area contributed by atoms with E-state index in [1.54, 1.807) is 0 Å². The summed E-state index contributed by atoms with van der Waals surface area (Å²) in [5, 5.41) is 3.46. The number of hydrogen-bond donors (Lipinski definition) is 1. The first kappa shape index (κ1) is 23.2. The molecule has 4 nitrogen and oxygen atoms in total. The molecule has 6 heteroatoms. The molecule has 1 atom stereocenters. The normalized spacial score (nSPS) is 22.9. The van der Waals surface area contributed by atoms with Crippen molar-refractivity contribution in [2.75, 3.05) is 32.4 Å². The first-order valence-electron chi connectivity index (χ1n) is 9.70. The third kappa shape index (κ3) is 7.00. The van der Waals surface area contributed by atoms with Crippen LogP contribution in [-0.2, 0) is 10.8 Å². The Kier molecular flexibility index (Phi) is 9.72. The zero-order chi connectivity index (χ0) is 17.6. The van der Waals surface area contributed by atoms with Crippen LogP contribution in [0.1, 0.15) is 72.1 Å². The number of guanidine groups is 1. The van der Waals surface area contributed by atoms with Gasteiger partial charge in [-0.25, -0.2) is 0 Å². The van der Waals surface area contributed by atoms with E-state index in [4.69, 9.17) is 0 Å². The Morgan fingerprint density at radius 2 is 1.72 bits per heavy atom. The molecule has 1 aliphatic heterocycles. The van der Waals surface area contributed by atoms with E-state index in [0.29, 0.717) is 11.2 Å². The van der Waals surface area contributed by atoms with Crippen molar-refractivity contribution < 1.29 is 4.21 Å². The van der Waals surface area contributed by atoms with Crippen molar-refractivity contribution >= 4 is 40.7 Å². The van der Waals surface area contributed by atoms with Gasteiger partial charge in [-0.1, -0.05) is 25.7 Å². The molecule has 0 bridgehead atoms. The zero-order valence-electron chi connectivity index (χ0n) is 16.6. The molecule has 1 aliphatic carbocycles. The Morgan fingerprint density at radius 1 is 1.12 bits per heavy atom. The Hall–Kier alpha value is 0.150. The van der Waals surface area contributed by atoms with Gasteiger partial charge in [-0.15, -0.1) is 24.0 Å². The molecule has 1 unspecified atom stereocenters. The van der Waals surface area contributed by atoms with Crippen LogP contribution in [0, 0.1) is 5.41 Å². The Morgan fingerprint density at radius 3 is 2.28 bits per heavy atom. The molecule has 2 aliphatic rings. The molecule has 0 aromatic heterocycles. The molecule has 1 heterocycles. The van der Waals surface area contributed by atoms with Crippen LogP contribution in [0.2, 0.25) is 0 Å². The summed E-state index contributed by atoms with van der Waals surface area (Å²) < 4.78 is 12.1. The maximum Gasteiger partial charge on any atom is 0.193 e. The van der Waals surface area contributed by atoms with Gasteiger partial charge in [-0.05, 0) is 51.9 Å². The van der Waals surface area contributed by atoms with E-state index in [1.807, 2.05) is 27.8 Å². The van der Waals surface area contributed by atoms with Crippen LogP contribution in [0.15, 0.2) is 4.99 Å². The molecule has 2 rings (SSSR count). The topological polar surface area (TPSA) is 44.7 Å². The molecule has 0 aromatic carbocycles. The van der Waals surface area contributed by atoms with Crippen molar-refractivity contribution in [2.24, 2.45) is 10.4 Å². The number of nitrogens with one attached hydrogen (secondary N) is 1. The van der Waals surface area contributed by atoms with Gasteiger partial charge in [-0.3, -0.25) is 9.20 Å². The fourth-order valence-electron chi connectivity index (χ4n) is 4.17. The minimum Gasteiger partial charge on any atom is -0.355 e. The fraction of sp³-hybridized carbons (Fsp3) is 0.947. The lowest BCUT2D eigenvalue weighted by Gasteiger charge is -2.44. The molecule has 2 fully saturated rings. The van der Waals surface area contributed by atoms with Crippen molar-refractivity contribution in [3.63, 3.8) is 0 Å². The molecule has 25 heavy (non-hydrogen) atoms. The van der Waals surface area contributed by atoms with Crippen molar-refractivity contribution in [3.8, 4) is 0 Å². The van der Waals surface area contributed by atoms with Crippen LogP contribution in [-0.4, -0.2) is 52.3 Å². The van der Waals surface area contributed by atoms with Crippen molar-refractivity contribution in [2.45, 2.75) is 76.9 Å². The van der Waals surface area contributed by atoms with E-state index in [1.165, 1.54) is 51.4 Å². The smallest absolute Gasteiger partial charge is 0.193 e. The highest BCUT2D eigenvalue weighted by molar-refractivity contribution is 14.0. The van der Waals surface area contributed by atoms with Gasteiger partial charge in [0, 0.05) is 48.0 Å². The molecular weight excluding hydrogens is 445 g/mol. The van der Waals surface area contributed by atoms with Crippen LogP contribution < -0.4 is 5.32 Å². The Balaban J connectivity index is 0.00000312. The molecule has 0 aromatic rings. The van der Waals surface area contributed by atoms with Gasteiger partial charge in [0.2, 0.25) is 0 Å². The predicted molar refractivity (Wildman–Crippen MR) is 120 cm³/mol. The third-order valence-electron chi connectivity index (χ3n) is 5.59. The summed E-state index contributed by atoms with van der Waals surface area (Å²) in [4.78, 5) is 6.96. The van der Waals surface area contributed by atoms with Gasteiger partial charge >= 0.3 is 0 Å². The molecule has 1 spiro atoms. The molecule has 0 amide bonds. The van der Waals surface area contributed by atoms with Crippen LogP contribution >= 0.6 is 24.0 Å². The van der Waals surface area contributed by atoms with E-state index in [-0.39, 0.29) is 28.7 Å². The monoisotopic (exact) mass is 483 g/mol. The van der Waals surface area contributed by atoms with Crippen LogP contribution in [0.5, 0.6) is 0 Å². The number of piperidine rings is 1. The highest BCUT2D eigenvalue weighted by atomic mass is 127. The maximum atomic E-state index is 12.2. The van der Waals surface area contributed by atoms with E-state index in [9.17, 15) is 4.21 Å². The first-order chi connectivity index (χ1) is 11.4. The summed E-state index contributed by atoms with van der Waals surface area (Å²) in [6, 6.07) is 0. The highest BCUT2D eigenvalue weighted by Gasteiger charge is 2.36. The number of halogens is 1. The van der Waals surface area contributed by atoms with E-state index >= 15 is 0 Å². The van der Waals surface area contributed by atoms with E-state index in [0.717, 1.165) is 25.6 Å². The second-order valence-electron chi connectivity index (χ2n) is 8.58. The summed E-state index contributed by atoms with van der Waals surface area (Å²) in [5.41, 5.74) is 0.514. The lowest BCUT2D eigenvalue weighted by Crippen LogP contribution is -2.51. The Labute approximate surface area is 174 Å². The number of nitrogens with zero attached hydrogens (tertiary/aromatic N) is 2. The predicted octanol–water partition coefficient (Wildman–Crippen LogP) is 4.16. The summed E-state index contributed by atoms with van der Waals surface area (Å²) >= 11 is 0. The van der Waals surface area contributed by atoms with Gasteiger partial charge in [-0.2, -0.15) is 0 Å². The summed E-state index contributed by atoms with van der Waals surface area (Å²) in [5.74, 6) is 1.69. The van der Waals surface area contributed by atoms with Crippen molar-refractivity contribution in [3.05, 3.63) is 0 Å². The molecule has 1 saturated heterocycles. The van der Waals surface area contributed by atoms with Gasteiger partial charge < -0.3 is 10.2 Å². The van der Waals surface area contributed by atoms with Gasteiger partial charge in [0.25, 0.3) is 0 Å².